The maximum absolute atomic E-state index is 5.74. The second-order valence-electron chi connectivity index (χ2n) is 3.74. The molecule has 2 aliphatic heterocycles. The predicted molar refractivity (Wildman–Crippen MR) is 58.2 cm³/mol. The van der Waals surface area contributed by atoms with Crippen LogP contribution < -0.4 is 5.73 Å². The fraction of sp³-hybridized carbons (Fsp3) is 0.667. The van der Waals surface area contributed by atoms with Crippen LogP contribution in [-0.4, -0.2) is 10.2 Å². The van der Waals surface area contributed by atoms with Gasteiger partial charge in [0.1, 0.15) is 0 Å². The molecule has 4 heteroatoms. The number of nitrogens with two attached hydrogens (primary N) is 1. The Labute approximate surface area is 85.9 Å². The quantitative estimate of drug-likeness (QED) is 0.718. The molecule has 0 aromatic carbocycles. The molecule has 0 radical (unpaired) electrons. The summed E-state index contributed by atoms with van der Waals surface area (Å²) in [6.07, 6.45) is 5.25. The third-order valence-corrected chi connectivity index (χ3v) is 5.58. The average Bonchev–Trinajstić information content (AvgIpc) is 2.47. The van der Waals surface area contributed by atoms with E-state index in [9.17, 15) is 0 Å². The number of aromatic nitrogens is 1. The molecule has 2 N–H and O–H groups in total. The van der Waals surface area contributed by atoms with Crippen molar-refractivity contribution in [1.29, 1.82) is 0 Å². The molecule has 0 aliphatic carbocycles. The number of rotatable bonds is 0. The monoisotopic (exact) mass is 212 g/mol. The van der Waals surface area contributed by atoms with Gasteiger partial charge in [-0.1, -0.05) is 6.42 Å². The average molecular weight is 212 g/mol. The number of thiazole rings is 1. The molecule has 2 atom stereocenters. The van der Waals surface area contributed by atoms with Crippen molar-refractivity contribution in [2.75, 3.05) is 5.73 Å². The molecule has 0 amide bonds. The molecular formula is C9H12N2S2. The number of fused-ring (bicyclic) bond motifs is 4. The zero-order valence-corrected chi connectivity index (χ0v) is 8.96. The maximum Gasteiger partial charge on any atom is 0.180 e. The lowest BCUT2D eigenvalue weighted by molar-refractivity contribution is 0.587. The van der Waals surface area contributed by atoms with E-state index in [1.54, 1.807) is 11.3 Å². The Kier molecular flexibility index (Phi) is 1.80. The van der Waals surface area contributed by atoms with Gasteiger partial charge >= 0.3 is 0 Å². The number of nitrogen functional groups attached to an aromatic ring is 1. The van der Waals surface area contributed by atoms with E-state index < -0.39 is 0 Å². The highest BCUT2D eigenvalue weighted by molar-refractivity contribution is 8.00. The van der Waals surface area contributed by atoms with Crippen molar-refractivity contribution in [3.63, 3.8) is 0 Å². The summed E-state index contributed by atoms with van der Waals surface area (Å²) in [6, 6.07) is 0. The van der Waals surface area contributed by atoms with Crippen molar-refractivity contribution in [3.8, 4) is 0 Å². The van der Waals surface area contributed by atoms with E-state index in [-0.39, 0.29) is 0 Å². The minimum absolute atomic E-state index is 0.720. The minimum Gasteiger partial charge on any atom is -0.375 e. The van der Waals surface area contributed by atoms with Crippen LogP contribution in [-0.2, 0) is 6.42 Å². The number of hydrogen-bond acceptors (Lipinski definition) is 4. The molecule has 70 valence electrons. The van der Waals surface area contributed by atoms with E-state index in [4.69, 9.17) is 5.73 Å². The highest BCUT2D eigenvalue weighted by atomic mass is 32.2. The first kappa shape index (κ1) is 8.12. The van der Waals surface area contributed by atoms with Crippen LogP contribution in [0.4, 0.5) is 5.13 Å². The van der Waals surface area contributed by atoms with Crippen molar-refractivity contribution in [2.45, 2.75) is 36.2 Å². The van der Waals surface area contributed by atoms with Gasteiger partial charge in [-0.25, -0.2) is 4.98 Å². The van der Waals surface area contributed by atoms with Crippen LogP contribution in [0.2, 0.25) is 0 Å². The zero-order chi connectivity index (χ0) is 8.84. The first-order valence-corrected chi connectivity index (χ1v) is 6.49. The Hall–Kier alpha value is -0.220. The Morgan fingerprint density at radius 3 is 3.23 bits per heavy atom. The Morgan fingerprint density at radius 2 is 2.31 bits per heavy atom. The Bertz CT molecular complexity index is 334. The summed E-state index contributed by atoms with van der Waals surface area (Å²) in [5.41, 5.74) is 7.04. The third-order valence-electron chi connectivity index (χ3n) is 2.81. The summed E-state index contributed by atoms with van der Waals surface area (Å²) in [6.45, 7) is 0. The standard InChI is InChI=1S/C9H12N2S2/c10-9-11-6-4-5-2-1-3-7(12-5)8(6)13-9/h5,7H,1-4H2,(H2,10,11). The Morgan fingerprint density at radius 1 is 1.38 bits per heavy atom. The van der Waals surface area contributed by atoms with Crippen LogP contribution in [0.15, 0.2) is 0 Å². The van der Waals surface area contributed by atoms with Gasteiger partial charge in [-0.15, -0.1) is 23.1 Å². The molecule has 2 unspecified atom stereocenters. The van der Waals surface area contributed by atoms with E-state index in [2.05, 4.69) is 16.7 Å². The van der Waals surface area contributed by atoms with Gasteiger partial charge in [-0.05, 0) is 12.8 Å². The van der Waals surface area contributed by atoms with Gasteiger partial charge in [-0.3, -0.25) is 0 Å². The normalized spacial score (nSPS) is 31.4. The highest BCUT2D eigenvalue weighted by Gasteiger charge is 2.33. The molecule has 1 fully saturated rings. The van der Waals surface area contributed by atoms with Crippen molar-refractivity contribution in [3.05, 3.63) is 10.6 Å². The smallest absolute Gasteiger partial charge is 0.180 e. The van der Waals surface area contributed by atoms with Crippen LogP contribution in [0, 0.1) is 0 Å². The lowest BCUT2D eigenvalue weighted by atomic mass is 10.0. The third kappa shape index (κ3) is 1.27. The van der Waals surface area contributed by atoms with Gasteiger partial charge < -0.3 is 5.73 Å². The minimum atomic E-state index is 0.720. The first-order valence-electron chi connectivity index (χ1n) is 4.73. The summed E-state index contributed by atoms with van der Waals surface area (Å²) in [5.74, 6) is 0. The van der Waals surface area contributed by atoms with Crippen molar-refractivity contribution in [2.24, 2.45) is 0 Å². The molecule has 2 aliphatic rings. The van der Waals surface area contributed by atoms with Gasteiger partial charge in [0.15, 0.2) is 5.13 Å². The molecule has 0 spiro atoms. The summed E-state index contributed by atoms with van der Waals surface area (Å²) < 4.78 is 0. The molecule has 2 bridgehead atoms. The lowest BCUT2D eigenvalue weighted by Crippen LogP contribution is -2.21. The van der Waals surface area contributed by atoms with E-state index in [0.29, 0.717) is 0 Å². The largest absolute Gasteiger partial charge is 0.375 e. The van der Waals surface area contributed by atoms with Crippen LogP contribution in [0.3, 0.4) is 0 Å². The molecule has 2 nitrogen and oxygen atoms in total. The zero-order valence-electron chi connectivity index (χ0n) is 7.32. The van der Waals surface area contributed by atoms with E-state index in [1.165, 1.54) is 29.8 Å². The highest BCUT2D eigenvalue weighted by Crippen LogP contribution is 2.50. The topological polar surface area (TPSA) is 38.9 Å². The second kappa shape index (κ2) is 2.89. The number of hydrogen-bond donors (Lipinski definition) is 1. The van der Waals surface area contributed by atoms with Crippen molar-refractivity contribution >= 4 is 28.2 Å². The SMILES string of the molecule is Nc1nc2c(s1)C1CCCC(C2)S1. The molecule has 3 heterocycles. The van der Waals surface area contributed by atoms with Crippen LogP contribution in [0.1, 0.15) is 35.1 Å². The molecular weight excluding hydrogens is 200 g/mol. The van der Waals surface area contributed by atoms with E-state index in [0.717, 1.165) is 22.1 Å². The maximum atomic E-state index is 5.74. The molecule has 1 aromatic rings. The van der Waals surface area contributed by atoms with Gasteiger partial charge in [0, 0.05) is 21.8 Å². The van der Waals surface area contributed by atoms with Crippen LogP contribution in [0.25, 0.3) is 0 Å². The summed E-state index contributed by atoms with van der Waals surface area (Å²) >= 11 is 3.85. The summed E-state index contributed by atoms with van der Waals surface area (Å²) in [7, 11) is 0. The molecule has 0 saturated carbocycles. The number of anilines is 1. The van der Waals surface area contributed by atoms with E-state index in [1.807, 2.05) is 0 Å². The summed E-state index contributed by atoms with van der Waals surface area (Å²) in [5, 5.41) is 2.31. The van der Waals surface area contributed by atoms with Gasteiger partial charge in [0.2, 0.25) is 0 Å². The molecule has 13 heavy (non-hydrogen) atoms. The summed E-state index contributed by atoms with van der Waals surface area (Å²) in [4.78, 5) is 5.89. The van der Waals surface area contributed by atoms with Crippen LogP contribution >= 0.6 is 23.1 Å². The first-order chi connectivity index (χ1) is 6.33. The second-order valence-corrected chi connectivity index (χ2v) is 6.31. The fourth-order valence-electron chi connectivity index (χ4n) is 2.24. The number of thioether (sulfide) groups is 1. The fourth-order valence-corrected chi connectivity index (χ4v) is 5.01. The van der Waals surface area contributed by atoms with Gasteiger partial charge in [0.05, 0.1) is 5.69 Å². The molecule has 3 rings (SSSR count). The Balaban J connectivity index is 2.05. The van der Waals surface area contributed by atoms with E-state index >= 15 is 0 Å². The predicted octanol–water partition coefficient (Wildman–Crippen LogP) is 2.61. The van der Waals surface area contributed by atoms with Gasteiger partial charge in [-0.2, -0.15) is 0 Å². The molecule has 1 aromatic heterocycles. The van der Waals surface area contributed by atoms with Crippen molar-refractivity contribution < 1.29 is 0 Å². The van der Waals surface area contributed by atoms with Gasteiger partial charge in [0.25, 0.3) is 0 Å². The number of nitrogens with zero attached hydrogens (tertiary/aromatic N) is 1. The molecule has 1 saturated heterocycles. The van der Waals surface area contributed by atoms with Crippen molar-refractivity contribution in [1.82, 2.24) is 4.98 Å². The van der Waals surface area contributed by atoms with Crippen LogP contribution in [0.5, 0.6) is 0 Å². The lowest BCUT2D eigenvalue weighted by Gasteiger charge is -2.32.